The van der Waals surface area contributed by atoms with Crippen molar-refractivity contribution in [3.05, 3.63) is 21.9 Å². The molecular formula is C14H20N3O2S+. The summed E-state index contributed by atoms with van der Waals surface area (Å²) in [6.07, 6.45) is 3.57. The number of carbonyl (C=O) groups is 2. The Morgan fingerprint density at radius 3 is 2.95 bits per heavy atom. The summed E-state index contributed by atoms with van der Waals surface area (Å²) in [5.41, 5.74) is 1.44. The molecule has 20 heavy (non-hydrogen) atoms. The molecule has 3 N–H and O–H groups in total. The Morgan fingerprint density at radius 2 is 2.25 bits per heavy atom. The lowest BCUT2D eigenvalue weighted by atomic mass is 9.96. The van der Waals surface area contributed by atoms with Crippen molar-refractivity contribution in [2.75, 3.05) is 20.1 Å². The zero-order valence-corrected chi connectivity index (χ0v) is 12.4. The molecule has 5 nitrogen and oxygen atoms in total. The second kappa shape index (κ2) is 5.54. The molecule has 6 heteroatoms. The number of quaternary nitrogens is 1. The van der Waals surface area contributed by atoms with E-state index in [1.807, 2.05) is 11.3 Å². The molecule has 0 aromatic carbocycles. The number of thiophene rings is 1. The lowest BCUT2D eigenvalue weighted by Crippen LogP contribution is -3.14. The molecule has 108 valence electrons. The van der Waals surface area contributed by atoms with Gasteiger partial charge in [-0.3, -0.25) is 10.1 Å². The number of amides is 3. The summed E-state index contributed by atoms with van der Waals surface area (Å²) in [5.74, 6) is 0.523. The van der Waals surface area contributed by atoms with Crippen LogP contribution < -0.4 is 15.5 Å². The van der Waals surface area contributed by atoms with Crippen LogP contribution in [0.3, 0.4) is 0 Å². The highest BCUT2D eigenvalue weighted by molar-refractivity contribution is 7.10. The fourth-order valence-corrected chi connectivity index (χ4v) is 4.06. The van der Waals surface area contributed by atoms with Crippen LogP contribution >= 0.6 is 11.3 Å². The maximum absolute atomic E-state index is 11.9. The van der Waals surface area contributed by atoms with E-state index in [2.05, 4.69) is 22.1 Å². The number of carbonyl (C=O) groups excluding carboxylic acids is 2. The molecule has 1 unspecified atom stereocenters. The van der Waals surface area contributed by atoms with Crippen molar-refractivity contribution in [2.24, 2.45) is 5.92 Å². The van der Waals surface area contributed by atoms with Gasteiger partial charge in [0.2, 0.25) is 0 Å². The van der Waals surface area contributed by atoms with Crippen LogP contribution in [0.1, 0.15) is 29.3 Å². The topological polar surface area (TPSA) is 62.6 Å². The van der Waals surface area contributed by atoms with Crippen LogP contribution in [-0.4, -0.2) is 32.1 Å². The van der Waals surface area contributed by atoms with Crippen LogP contribution in [0, 0.1) is 5.92 Å². The SMILES string of the molecule is CNC(=O)NC(=O)C[NH+]1CCc2sccc2[C@@H]1C1CC1. The standard InChI is InChI=1S/C14H19N3O2S/c1-15-14(19)16-12(18)8-17-6-4-11-10(5-7-20-11)13(17)9-2-3-9/h5,7,9,13H,2-4,6,8H2,1H3,(H2,15,16,18,19)/p+1/t13-/m0/s1. The van der Waals surface area contributed by atoms with Gasteiger partial charge < -0.3 is 10.2 Å². The molecule has 2 aliphatic rings. The third-order valence-electron chi connectivity index (χ3n) is 4.19. The van der Waals surface area contributed by atoms with Gasteiger partial charge in [0.05, 0.1) is 6.54 Å². The Morgan fingerprint density at radius 1 is 1.45 bits per heavy atom. The van der Waals surface area contributed by atoms with Crippen LogP contribution in [0.4, 0.5) is 4.79 Å². The second-order valence-electron chi connectivity index (χ2n) is 5.58. The van der Waals surface area contributed by atoms with Gasteiger partial charge >= 0.3 is 6.03 Å². The van der Waals surface area contributed by atoms with Crippen molar-refractivity contribution in [1.82, 2.24) is 10.6 Å². The van der Waals surface area contributed by atoms with Crippen molar-refractivity contribution in [3.63, 3.8) is 0 Å². The van der Waals surface area contributed by atoms with E-state index in [-0.39, 0.29) is 5.91 Å². The summed E-state index contributed by atoms with van der Waals surface area (Å²) in [4.78, 5) is 25.9. The molecule has 0 saturated heterocycles. The van der Waals surface area contributed by atoms with Gasteiger partial charge in [-0.1, -0.05) is 0 Å². The average Bonchev–Trinajstić information content (AvgIpc) is 3.15. The second-order valence-corrected chi connectivity index (χ2v) is 6.58. The Hall–Kier alpha value is -1.40. The molecule has 2 atom stereocenters. The van der Waals surface area contributed by atoms with E-state index in [4.69, 9.17) is 0 Å². The molecule has 1 aromatic rings. The molecule has 1 aliphatic heterocycles. The normalized spacial score (nSPS) is 24.9. The first-order chi connectivity index (χ1) is 9.69. The number of nitrogens with one attached hydrogen (secondary N) is 3. The first-order valence-corrected chi connectivity index (χ1v) is 7.99. The van der Waals surface area contributed by atoms with Crippen LogP contribution in [0.15, 0.2) is 11.4 Å². The smallest absolute Gasteiger partial charge is 0.321 e. The lowest BCUT2D eigenvalue weighted by Gasteiger charge is -2.32. The van der Waals surface area contributed by atoms with Crippen molar-refractivity contribution < 1.29 is 14.5 Å². The predicted octanol–water partition coefficient (Wildman–Crippen LogP) is 0.0958. The molecular weight excluding hydrogens is 274 g/mol. The van der Waals surface area contributed by atoms with Gasteiger partial charge in [-0.2, -0.15) is 0 Å². The Labute approximate surface area is 122 Å². The molecule has 1 saturated carbocycles. The van der Waals surface area contributed by atoms with Crippen molar-refractivity contribution >= 4 is 23.3 Å². The van der Waals surface area contributed by atoms with Crippen LogP contribution in [-0.2, 0) is 11.2 Å². The monoisotopic (exact) mass is 294 g/mol. The van der Waals surface area contributed by atoms with E-state index < -0.39 is 6.03 Å². The number of urea groups is 1. The van der Waals surface area contributed by atoms with Gasteiger partial charge in [-0.05, 0) is 24.3 Å². The largest absolute Gasteiger partial charge is 0.341 e. The summed E-state index contributed by atoms with van der Waals surface area (Å²) in [6.45, 7) is 1.36. The van der Waals surface area contributed by atoms with Crippen molar-refractivity contribution in [3.8, 4) is 0 Å². The minimum absolute atomic E-state index is 0.191. The molecule has 1 aromatic heterocycles. The van der Waals surface area contributed by atoms with Crippen LogP contribution in [0.25, 0.3) is 0 Å². The summed E-state index contributed by atoms with van der Waals surface area (Å²) < 4.78 is 0. The third kappa shape index (κ3) is 2.71. The first kappa shape index (κ1) is 13.6. The van der Waals surface area contributed by atoms with E-state index in [0.717, 1.165) is 13.0 Å². The first-order valence-electron chi connectivity index (χ1n) is 7.11. The third-order valence-corrected chi connectivity index (χ3v) is 5.19. The van der Waals surface area contributed by atoms with E-state index in [1.54, 1.807) is 0 Å². The minimum Gasteiger partial charge on any atom is -0.341 e. The van der Waals surface area contributed by atoms with E-state index in [9.17, 15) is 9.59 Å². The highest BCUT2D eigenvalue weighted by atomic mass is 32.1. The Kier molecular flexibility index (Phi) is 3.76. The summed E-state index contributed by atoms with van der Waals surface area (Å²) in [6, 6.07) is 2.24. The number of imide groups is 1. The maximum Gasteiger partial charge on any atom is 0.321 e. The van der Waals surface area contributed by atoms with E-state index in [0.29, 0.717) is 18.5 Å². The van der Waals surface area contributed by atoms with Gasteiger partial charge in [-0.25, -0.2) is 4.79 Å². The lowest BCUT2D eigenvalue weighted by molar-refractivity contribution is -0.928. The van der Waals surface area contributed by atoms with Gasteiger partial charge in [-0.15, -0.1) is 11.3 Å². The molecule has 2 heterocycles. The highest BCUT2D eigenvalue weighted by Crippen LogP contribution is 2.42. The number of hydrogen-bond acceptors (Lipinski definition) is 3. The molecule has 1 fully saturated rings. The maximum atomic E-state index is 11.9. The Bertz CT molecular complexity index is 524. The number of rotatable bonds is 3. The summed E-state index contributed by atoms with van der Waals surface area (Å²) in [7, 11) is 1.51. The van der Waals surface area contributed by atoms with Crippen LogP contribution in [0.5, 0.6) is 0 Å². The zero-order valence-electron chi connectivity index (χ0n) is 11.6. The Balaban J connectivity index is 1.70. The molecule has 3 amide bonds. The molecule has 0 radical (unpaired) electrons. The van der Waals surface area contributed by atoms with Gasteiger partial charge in [0.15, 0.2) is 6.54 Å². The summed E-state index contributed by atoms with van der Waals surface area (Å²) >= 11 is 1.83. The van der Waals surface area contributed by atoms with E-state index in [1.165, 1.54) is 35.2 Å². The van der Waals surface area contributed by atoms with Gasteiger partial charge in [0.25, 0.3) is 5.91 Å². The summed E-state index contributed by atoms with van der Waals surface area (Å²) in [5, 5.41) is 6.94. The molecule has 0 bridgehead atoms. The van der Waals surface area contributed by atoms with Gasteiger partial charge in [0.1, 0.15) is 6.04 Å². The average molecular weight is 294 g/mol. The quantitative estimate of drug-likeness (QED) is 0.740. The van der Waals surface area contributed by atoms with Crippen LogP contribution in [0.2, 0.25) is 0 Å². The molecule has 3 rings (SSSR count). The molecule has 0 spiro atoms. The predicted molar refractivity (Wildman–Crippen MR) is 76.8 cm³/mol. The number of hydrogen-bond donors (Lipinski definition) is 3. The molecule has 1 aliphatic carbocycles. The van der Waals surface area contributed by atoms with Gasteiger partial charge in [0, 0.05) is 29.8 Å². The highest BCUT2D eigenvalue weighted by Gasteiger charge is 2.43. The van der Waals surface area contributed by atoms with Crippen molar-refractivity contribution in [2.45, 2.75) is 25.3 Å². The van der Waals surface area contributed by atoms with Crippen molar-refractivity contribution in [1.29, 1.82) is 0 Å². The fraction of sp³-hybridized carbons (Fsp3) is 0.571. The number of fused-ring (bicyclic) bond motifs is 1. The van der Waals surface area contributed by atoms with E-state index >= 15 is 0 Å². The minimum atomic E-state index is -0.425. The fourth-order valence-electron chi connectivity index (χ4n) is 3.14. The zero-order chi connectivity index (χ0) is 14.1.